The standard InChI is InChI=1S/C33H44/c1-4-23-11-6-8-14-30(23)26-17-22(3)33-28(18-25-13-10-16-32(25)33)20-27(21-29(33)19-26)31-15-9-7-12-24(31)5-2/h6-9,11-12,14-15,22,25-29,32H,4-5,10,13,16-21H2,1-3H3/t22-,25?,26?,27?,28+,29-,32?,33-/m0/s1. The molecule has 0 amide bonds. The quantitative estimate of drug-likeness (QED) is 0.445. The van der Waals surface area contributed by atoms with Crippen molar-refractivity contribution in [2.75, 3.05) is 0 Å². The van der Waals surface area contributed by atoms with E-state index in [0.29, 0.717) is 5.41 Å². The Balaban J connectivity index is 1.40. The summed E-state index contributed by atoms with van der Waals surface area (Å²) in [6, 6.07) is 18.9. The van der Waals surface area contributed by atoms with Gasteiger partial charge in [-0.15, -0.1) is 0 Å². The van der Waals surface area contributed by atoms with Crippen molar-refractivity contribution in [3.8, 4) is 0 Å². The second-order valence-electron chi connectivity index (χ2n) is 12.3. The lowest BCUT2D eigenvalue weighted by molar-refractivity contribution is -0.0888. The Morgan fingerprint density at radius 3 is 1.85 bits per heavy atom. The normalized spacial score (nSPS) is 39.7. The summed E-state index contributed by atoms with van der Waals surface area (Å²) in [6.07, 6.45) is 14.3. The van der Waals surface area contributed by atoms with E-state index in [4.69, 9.17) is 0 Å². The molecular formula is C33H44. The predicted octanol–water partition coefficient (Wildman–Crippen LogP) is 8.94. The van der Waals surface area contributed by atoms with Crippen LogP contribution in [0.4, 0.5) is 0 Å². The molecule has 0 aromatic heterocycles. The lowest BCUT2D eigenvalue weighted by atomic mass is 9.45. The van der Waals surface area contributed by atoms with Crippen molar-refractivity contribution in [3.63, 3.8) is 0 Å². The van der Waals surface area contributed by atoms with Gasteiger partial charge in [-0.3, -0.25) is 0 Å². The lowest BCUT2D eigenvalue weighted by Crippen LogP contribution is -2.52. The van der Waals surface area contributed by atoms with Crippen LogP contribution in [0.25, 0.3) is 0 Å². The van der Waals surface area contributed by atoms with Crippen LogP contribution in [-0.2, 0) is 12.8 Å². The van der Waals surface area contributed by atoms with Crippen molar-refractivity contribution >= 4 is 0 Å². The smallest absolute Gasteiger partial charge is 0.0154 e. The minimum Gasteiger partial charge on any atom is -0.0620 e. The van der Waals surface area contributed by atoms with E-state index < -0.39 is 0 Å². The Morgan fingerprint density at radius 2 is 1.24 bits per heavy atom. The van der Waals surface area contributed by atoms with Gasteiger partial charge in [-0.05, 0) is 120 Å². The maximum Gasteiger partial charge on any atom is -0.0154 e. The second-order valence-corrected chi connectivity index (χ2v) is 12.3. The number of hydrogen-bond acceptors (Lipinski definition) is 0. The molecule has 4 saturated carbocycles. The molecule has 0 heterocycles. The molecule has 0 aliphatic heterocycles. The second kappa shape index (κ2) is 8.58. The van der Waals surface area contributed by atoms with Gasteiger partial charge >= 0.3 is 0 Å². The zero-order valence-electron chi connectivity index (χ0n) is 21.2. The van der Waals surface area contributed by atoms with Crippen molar-refractivity contribution in [3.05, 3.63) is 70.8 Å². The number of aryl methyl sites for hydroxylation is 2. The third kappa shape index (κ3) is 3.30. The molecule has 8 atom stereocenters. The molecule has 0 heteroatoms. The third-order valence-electron chi connectivity index (χ3n) is 11.3. The molecule has 0 bridgehead atoms. The molecule has 4 unspecified atom stereocenters. The minimum absolute atomic E-state index is 0.649. The van der Waals surface area contributed by atoms with E-state index in [-0.39, 0.29) is 0 Å². The van der Waals surface area contributed by atoms with Gasteiger partial charge in [-0.1, -0.05) is 82.1 Å². The van der Waals surface area contributed by atoms with Crippen molar-refractivity contribution in [2.24, 2.45) is 35.0 Å². The Bertz CT molecular complexity index is 985. The minimum atomic E-state index is 0.649. The van der Waals surface area contributed by atoms with Crippen LogP contribution in [0.2, 0.25) is 0 Å². The molecule has 4 fully saturated rings. The molecule has 0 N–H and O–H groups in total. The van der Waals surface area contributed by atoms with Gasteiger partial charge in [0.1, 0.15) is 0 Å². The van der Waals surface area contributed by atoms with E-state index in [0.717, 1.165) is 41.4 Å². The lowest BCUT2D eigenvalue weighted by Gasteiger charge is -2.60. The van der Waals surface area contributed by atoms with Crippen LogP contribution in [0.15, 0.2) is 48.5 Å². The number of fused-ring (bicyclic) bond motifs is 1. The van der Waals surface area contributed by atoms with Crippen LogP contribution >= 0.6 is 0 Å². The third-order valence-corrected chi connectivity index (χ3v) is 11.3. The van der Waals surface area contributed by atoms with E-state index in [1.54, 1.807) is 28.7 Å². The van der Waals surface area contributed by atoms with Gasteiger partial charge in [-0.2, -0.15) is 0 Å². The van der Waals surface area contributed by atoms with Gasteiger partial charge in [0, 0.05) is 0 Å². The predicted molar refractivity (Wildman–Crippen MR) is 140 cm³/mol. The first kappa shape index (κ1) is 21.9. The molecule has 1 spiro atoms. The number of benzene rings is 2. The van der Waals surface area contributed by atoms with Crippen LogP contribution in [-0.4, -0.2) is 0 Å². The Morgan fingerprint density at radius 1 is 0.697 bits per heavy atom. The van der Waals surface area contributed by atoms with Crippen molar-refractivity contribution in [2.45, 2.75) is 96.8 Å². The van der Waals surface area contributed by atoms with Gasteiger partial charge in [-0.25, -0.2) is 0 Å². The average Bonchev–Trinajstić information content (AvgIpc) is 3.43. The fourth-order valence-corrected chi connectivity index (χ4v) is 10.3. The summed E-state index contributed by atoms with van der Waals surface area (Å²) in [5.41, 5.74) is 7.27. The van der Waals surface area contributed by atoms with Crippen molar-refractivity contribution < 1.29 is 0 Å². The summed E-state index contributed by atoms with van der Waals surface area (Å²) < 4.78 is 0. The summed E-state index contributed by atoms with van der Waals surface area (Å²) in [5, 5.41) is 0. The summed E-state index contributed by atoms with van der Waals surface area (Å²) in [5.74, 6) is 6.40. The molecule has 4 aliphatic carbocycles. The highest BCUT2D eigenvalue weighted by molar-refractivity contribution is 5.34. The highest BCUT2D eigenvalue weighted by Gasteiger charge is 2.65. The molecule has 0 nitrogen and oxygen atoms in total. The number of rotatable bonds is 4. The molecule has 0 saturated heterocycles. The van der Waals surface area contributed by atoms with Crippen LogP contribution in [0.1, 0.15) is 106 Å². The van der Waals surface area contributed by atoms with E-state index in [2.05, 4.69) is 69.3 Å². The van der Waals surface area contributed by atoms with Gasteiger partial charge in [0.15, 0.2) is 0 Å². The maximum atomic E-state index is 2.70. The zero-order valence-corrected chi connectivity index (χ0v) is 21.2. The van der Waals surface area contributed by atoms with Gasteiger partial charge in [0.05, 0.1) is 0 Å². The Kier molecular flexibility index (Phi) is 5.71. The summed E-state index contributed by atoms with van der Waals surface area (Å²) in [6.45, 7) is 7.40. The summed E-state index contributed by atoms with van der Waals surface area (Å²) >= 11 is 0. The average molecular weight is 441 g/mol. The fourth-order valence-electron chi connectivity index (χ4n) is 10.3. The molecule has 33 heavy (non-hydrogen) atoms. The van der Waals surface area contributed by atoms with Crippen molar-refractivity contribution in [1.82, 2.24) is 0 Å². The van der Waals surface area contributed by atoms with E-state index >= 15 is 0 Å². The molecular weight excluding hydrogens is 396 g/mol. The first-order valence-corrected chi connectivity index (χ1v) is 14.3. The highest BCUT2D eigenvalue weighted by atomic mass is 14.7. The highest BCUT2D eigenvalue weighted by Crippen LogP contribution is 2.73. The molecule has 2 aromatic carbocycles. The van der Waals surface area contributed by atoms with Crippen LogP contribution in [0.3, 0.4) is 0 Å². The monoisotopic (exact) mass is 440 g/mol. The van der Waals surface area contributed by atoms with Crippen molar-refractivity contribution in [1.29, 1.82) is 0 Å². The summed E-state index contributed by atoms with van der Waals surface area (Å²) in [7, 11) is 0. The van der Waals surface area contributed by atoms with Gasteiger partial charge < -0.3 is 0 Å². The largest absolute Gasteiger partial charge is 0.0620 e. The Labute approximate surface area is 202 Å². The number of hydrogen-bond donors (Lipinski definition) is 0. The molecule has 2 aromatic rings. The van der Waals surface area contributed by atoms with Gasteiger partial charge in [0.2, 0.25) is 0 Å². The molecule has 176 valence electrons. The maximum absolute atomic E-state index is 2.70. The van der Waals surface area contributed by atoms with Crippen LogP contribution in [0.5, 0.6) is 0 Å². The molecule has 6 rings (SSSR count). The van der Waals surface area contributed by atoms with Gasteiger partial charge in [0.25, 0.3) is 0 Å². The van der Waals surface area contributed by atoms with E-state index in [9.17, 15) is 0 Å². The first-order chi connectivity index (χ1) is 16.2. The van der Waals surface area contributed by atoms with E-state index in [1.807, 2.05) is 0 Å². The van der Waals surface area contributed by atoms with Crippen LogP contribution < -0.4 is 0 Å². The zero-order chi connectivity index (χ0) is 22.6. The Hall–Kier alpha value is -1.56. The van der Waals surface area contributed by atoms with Crippen LogP contribution in [0, 0.1) is 35.0 Å². The fraction of sp³-hybridized carbons (Fsp3) is 0.636. The topological polar surface area (TPSA) is 0 Å². The molecule has 0 radical (unpaired) electrons. The van der Waals surface area contributed by atoms with E-state index in [1.165, 1.54) is 57.8 Å². The first-order valence-electron chi connectivity index (χ1n) is 14.3. The summed E-state index contributed by atoms with van der Waals surface area (Å²) in [4.78, 5) is 0. The SMILES string of the molecule is CCc1ccccc1C1C[C@@H]2CC(c3ccccc3CC)C[C@H](C)[C@@]23C2CCCC2C[C@@H]3C1. The molecule has 4 aliphatic rings.